The first kappa shape index (κ1) is 25.2. The summed E-state index contributed by atoms with van der Waals surface area (Å²) in [5.41, 5.74) is -4.34. The molecule has 0 radical (unpaired) electrons. The van der Waals surface area contributed by atoms with Gasteiger partial charge in [-0.3, -0.25) is 14.4 Å². The number of allylic oxidation sites excluding steroid dienone is 4. The lowest BCUT2D eigenvalue weighted by molar-refractivity contribution is -0.272. The summed E-state index contributed by atoms with van der Waals surface area (Å²) in [7, 11) is 0. The Morgan fingerprint density at radius 1 is 1.22 bits per heavy atom. The first-order valence-electron chi connectivity index (χ1n) is 13.6. The molecule has 0 aromatic rings. The highest BCUT2D eigenvalue weighted by Gasteiger charge is 2.79. The molecule has 6 rings (SSSR count). The van der Waals surface area contributed by atoms with Crippen LogP contribution >= 0.6 is 11.8 Å². The van der Waals surface area contributed by atoms with Gasteiger partial charge in [0, 0.05) is 35.3 Å². The van der Waals surface area contributed by atoms with Gasteiger partial charge in [-0.25, -0.2) is 8.78 Å². The summed E-state index contributed by atoms with van der Waals surface area (Å²) in [5.74, 6) is -0.968. The van der Waals surface area contributed by atoms with Gasteiger partial charge in [-0.05, 0) is 63.5 Å². The Kier molecular flexibility index (Phi) is 5.92. The van der Waals surface area contributed by atoms with Crippen molar-refractivity contribution < 1.29 is 28.3 Å². The van der Waals surface area contributed by atoms with Crippen molar-refractivity contribution >= 4 is 22.7 Å². The maximum atomic E-state index is 17.4. The minimum absolute atomic E-state index is 0.0723. The van der Waals surface area contributed by atoms with E-state index < -0.39 is 40.1 Å². The van der Waals surface area contributed by atoms with Gasteiger partial charge < -0.3 is 5.11 Å². The lowest BCUT2D eigenvalue weighted by Crippen LogP contribution is -2.69. The third-order valence-corrected chi connectivity index (χ3v) is 11.8. The van der Waals surface area contributed by atoms with Crippen LogP contribution in [0.5, 0.6) is 0 Å². The van der Waals surface area contributed by atoms with Crippen LogP contribution in [0.4, 0.5) is 8.78 Å². The molecule has 0 unspecified atom stereocenters. The summed E-state index contributed by atoms with van der Waals surface area (Å²) in [6.07, 6.45) is 10.6. The largest absolute Gasteiger partial charge is 0.390 e. The summed E-state index contributed by atoms with van der Waals surface area (Å²) < 4.78 is 31.0. The number of hydroxylamine groups is 2. The van der Waals surface area contributed by atoms with E-state index in [2.05, 4.69) is 0 Å². The van der Waals surface area contributed by atoms with Crippen molar-refractivity contribution in [3.05, 3.63) is 23.8 Å². The van der Waals surface area contributed by atoms with E-state index >= 15 is 4.39 Å². The maximum Gasteiger partial charge on any atom is 0.226 e. The predicted molar refractivity (Wildman–Crippen MR) is 133 cm³/mol. The smallest absolute Gasteiger partial charge is 0.226 e. The van der Waals surface area contributed by atoms with E-state index in [4.69, 9.17) is 4.84 Å². The van der Waals surface area contributed by atoms with E-state index in [1.807, 2.05) is 12.0 Å². The Hall–Kier alpha value is -1.09. The number of hydrogen-bond acceptors (Lipinski definition) is 6. The number of fused-ring (bicyclic) bond motifs is 7. The second kappa shape index (κ2) is 8.45. The normalized spacial score (nSPS) is 48.7. The summed E-state index contributed by atoms with van der Waals surface area (Å²) in [4.78, 5) is 32.5. The van der Waals surface area contributed by atoms with Crippen molar-refractivity contribution in [1.82, 2.24) is 5.06 Å². The van der Waals surface area contributed by atoms with Crippen LogP contribution in [-0.2, 0) is 14.4 Å². The zero-order valence-corrected chi connectivity index (χ0v) is 22.0. The van der Waals surface area contributed by atoms with Gasteiger partial charge in [0.25, 0.3) is 0 Å². The van der Waals surface area contributed by atoms with Crippen LogP contribution in [0.15, 0.2) is 23.8 Å². The molecule has 0 aromatic carbocycles. The Balaban J connectivity index is 1.40. The molecule has 6 aliphatic rings. The van der Waals surface area contributed by atoms with Crippen LogP contribution in [0.25, 0.3) is 0 Å². The van der Waals surface area contributed by atoms with Crippen LogP contribution in [0.3, 0.4) is 0 Å². The Bertz CT molecular complexity index is 1030. The number of rotatable bonds is 3. The van der Waals surface area contributed by atoms with Crippen LogP contribution < -0.4 is 0 Å². The van der Waals surface area contributed by atoms with Gasteiger partial charge in [0.1, 0.15) is 6.01 Å². The second-order valence-corrected chi connectivity index (χ2v) is 13.3. The number of hydrogen-bond donors (Lipinski definition) is 1. The molecule has 8 heteroatoms. The summed E-state index contributed by atoms with van der Waals surface area (Å²) in [6, 6.07) is -0.586. The molecule has 1 saturated heterocycles. The van der Waals surface area contributed by atoms with Crippen LogP contribution in [0.2, 0.25) is 0 Å². The average Bonchev–Trinajstić information content (AvgIpc) is 3.35. The van der Waals surface area contributed by atoms with Gasteiger partial charge in [-0.1, -0.05) is 49.6 Å². The Morgan fingerprint density at radius 3 is 2.69 bits per heavy atom. The van der Waals surface area contributed by atoms with E-state index in [0.29, 0.717) is 37.6 Å². The molecule has 1 N–H and O–H groups in total. The molecule has 198 valence electrons. The van der Waals surface area contributed by atoms with Crippen LogP contribution in [0, 0.1) is 28.6 Å². The lowest BCUT2D eigenvalue weighted by atomic mass is 9.45. The Morgan fingerprint density at radius 2 is 1.97 bits per heavy atom. The number of thioether (sulfide) groups is 1. The summed E-state index contributed by atoms with van der Waals surface area (Å²) in [5, 5.41) is 13.3. The van der Waals surface area contributed by atoms with E-state index in [-0.39, 0.29) is 35.2 Å². The molecule has 5 fully saturated rings. The molecule has 1 heterocycles. The molecule has 8 atom stereocenters. The highest BCUT2D eigenvalue weighted by atomic mass is 32.2. The highest BCUT2D eigenvalue weighted by Crippen LogP contribution is 2.73. The standard InChI is InChI=1S/C28H37F2NO4S/c1-25-11-10-20(32)12-17(25)8-9-21-22-13-18-15-31(19-6-4-3-5-7-19)35-28(18,24(34)36-16-29)26(22,2)14-23(33)27(21,25)30/h10-12,18-19,21-23,33H,3-9,13-16H2,1-2H3/t18-,21-,22-,23-,25-,26-,27-,28-/m0/s1. The van der Waals surface area contributed by atoms with Crippen molar-refractivity contribution in [2.24, 2.45) is 28.6 Å². The van der Waals surface area contributed by atoms with Gasteiger partial charge in [0.15, 0.2) is 17.1 Å². The summed E-state index contributed by atoms with van der Waals surface area (Å²) in [6.45, 7) is 4.38. The number of aliphatic hydroxyl groups excluding tert-OH is 1. The molecular weight excluding hydrogens is 484 g/mol. The fourth-order valence-corrected chi connectivity index (χ4v) is 10.1. The zero-order valence-electron chi connectivity index (χ0n) is 21.2. The molecule has 5 aliphatic carbocycles. The molecule has 0 bridgehead atoms. The van der Waals surface area contributed by atoms with Gasteiger partial charge in [-0.15, -0.1) is 0 Å². The van der Waals surface area contributed by atoms with E-state index in [1.54, 1.807) is 13.0 Å². The monoisotopic (exact) mass is 521 g/mol. The van der Waals surface area contributed by atoms with Crippen LogP contribution in [-0.4, -0.2) is 57.0 Å². The average molecular weight is 522 g/mol. The number of nitrogens with zero attached hydrogens (tertiary/aromatic N) is 1. The molecule has 0 aromatic heterocycles. The molecule has 1 aliphatic heterocycles. The first-order chi connectivity index (χ1) is 17.1. The molecule has 4 saturated carbocycles. The predicted octanol–water partition coefficient (Wildman–Crippen LogP) is 5.09. The molecule has 36 heavy (non-hydrogen) atoms. The van der Waals surface area contributed by atoms with Gasteiger partial charge >= 0.3 is 0 Å². The van der Waals surface area contributed by atoms with Crippen molar-refractivity contribution in [1.29, 1.82) is 0 Å². The summed E-state index contributed by atoms with van der Waals surface area (Å²) >= 11 is 0.656. The number of carbonyl (C=O) groups is 2. The van der Waals surface area contributed by atoms with Crippen molar-refractivity contribution in [2.45, 2.75) is 95.1 Å². The van der Waals surface area contributed by atoms with E-state index in [9.17, 15) is 19.1 Å². The highest BCUT2D eigenvalue weighted by molar-refractivity contribution is 8.13. The van der Waals surface area contributed by atoms with Gasteiger partial charge in [0.2, 0.25) is 5.12 Å². The van der Waals surface area contributed by atoms with Crippen molar-refractivity contribution in [3.63, 3.8) is 0 Å². The number of ketones is 1. The fraction of sp³-hybridized carbons (Fsp3) is 0.786. The topological polar surface area (TPSA) is 66.8 Å². The number of aliphatic hydroxyl groups is 1. The third-order valence-electron chi connectivity index (χ3n) is 11.1. The minimum Gasteiger partial charge on any atom is -0.390 e. The molecule has 0 spiro atoms. The first-order valence-corrected chi connectivity index (χ1v) is 14.6. The molecule has 0 amide bonds. The van der Waals surface area contributed by atoms with Crippen molar-refractivity contribution in [2.75, 3.05) is 12.6 Å². The van der Waals surface area contributed by atoms with Crippen LogP contribution in [0.1, 0.15) is 71.6 Å². The van der Waals surface area contributed by atoms with Gasteiger partial charge in [-0.2, -0.15) is 5.06 Å². The minimum atomic E-state index is -1.95. The zero-order chi connectivity index (χ0) is 25.5. The van der Waals surface area contributed by atoms with E-state index in [0.717, 1.165) is 31.3 Å². The van der Waals surface area contributed by atoms with Crippen molar-refractivity contribution in [3.8, 4) is 0 Å². The number of halogens is 2. The lowest BCUT2D eigenvalue weighted by Gasteiger charge is -2.62. The molecule has 5 nitrogen and oxygen atoms in total. The Labute approximate surface area is 216 Å². The number of alkyl halides is 2. The second-order valence-electron chi connectivity index (χ2n) is 12.5. The van der Waals surface area contributed by atoms with Gasteiger partial charge in [0.05, 0.1) is 6.10 Å². The maximum absolute atomic E-state index is 17.4. The fourth-order valence-electron chi connectivity index (χ4n) is 9.37. The molecular formula is C28H37F2NO4S. The van der Waals surface area contributed by atoms with E-state index in [1.165, 1.54) is 18.6 Å². The number of carbonyl (C=O) groups excluding carboxylic acids is 2. The SMILES string of the molecule is C[C@]12C=CC(=O)C=C1CC[C@H]1[C@@H]3C[C@H]4CN(C5CCCCC5)O[C@@]4(C(=O)SCF)[C@@]3(C)C[C@H](O)[C@@]12F. The third kappa shape index (κ3) is 3.04. The quantitative estimate of drug-likeness (QED) is 0.558.